The fourth-order valence-corrected chi connectivity index (χ4v) is 4.87. The van der Waals surface area contributed by atoms with E-state index in [1.54, 1.807) is 58.9 Å². The molecule has 0 saturated carbocycles. The largest absolute Gasteiger partial charge is 0.508 e. The van der Waals surface area contributed by atoms with Crippen molar-refractivity contribution in [3.05, 3.63) is 84.4 Å². The topological polar surface area (TPSA) is 288 Å². The first-order valence-corrected chi connectivity index (χ1v) is 21.5. The molecule has 2 aliphatic heterocycles. The van der Waals surface area contributed by atoms with Gasteiger partial charge in [-0.3, -0.25) is 19.2 Å². The van der Waals surface area contributed by atoms with E-state index >= 15 is 0 Å². The van der Waals surface area contributed by atoms with Gasteiger partial charge < -0.3 is 67.1 Å². The van der Waals surface area contributed by atoms with E-state index in [1.807, 2.05) is 36.4 Å². The molecule has 2 atom stereocenters. The summed E-state index contributed by atoms with van der Waals surface area (Å²) in [5.41, 5.74) is -3.10. The average molecular weight is 981 g/mol. The predicted molar refractivity (Wildman–Crippen MR) is 237 cm³/mol. The van der Waals surface area contributed by atoms with Crippen LogP contribution in [0.25, 0.3) is 0 Å². The Morgan fingerprint density at radius 2 is 0.957 bits per heavy atom. The molecule has 2 heterocycles. The second-order valence-electron chi connectivity index (χ2n) is 15.9. The van der Waals surface area contributed by atoms with Crippen LogP contribution in [-0.4, -0.2) is 138 Å². The zero-order valence-corrected chi connectivity index (χ0v) is 40.0. The summed E-state index contributed by atoms with van der Waals surface area (Å²) in [6, 6.07) is 18.4. The SMILES string of the molecule is C=CCOC(=O)C(C)(CO)COC(=O)OCC(C)(COC(=O)OCc1ccccc1)C(=O)OCC.CCOC(=O)C1(C)COC(=O)OC1.CCOC(=O)C1(C)COC(=O)OC1.OCc1ccccc1. The molecule has 22 nitrogen and oxygen atoms in total. The van der Waals surface area contributed by atoms with Crippen molar-refractivity contribution in [2.75, 3.05) is 79.3 Å². The molecule has 69 heavy (non-hydrogen) atoms. The zero-order chi connectivity index (χ0) is 51.9. The number of rotatable bonds is 19. The van der Waals surface area contributed by atoms with Gasteiger partial charge >= 0.3 is 48.5 Å². The summed E-state index contributed by atoms with van der Waals surface area (Å²) in [5, 5.41) is 18.1. The molecule has 0 aromatic heterocycles. The molecule has 384 valence electrons. The molecule has 2 N–H and O–H groups in total. The van der Waals surface area contributed by atoms with E-state index < -0.39 is 96.6 Å². The van der Waals surface area contributed by atoms with Crippen molar-refractivity contribution in [1.82, 2.24) is 0 Å². The molecule has 22 heteroatoms. The third kappa shape index (κ3) is 22.1. The summed E-state index contributed by atoms with van der Waals surface area (Å²) in [7, 11) is 0. The van der Waals surface area contributed by atoms with Crippen molar-refractivity contribution >= 4 is 48.5 Å². The van der Waals surface area contributed by atoms with E-state index in [0.717, 1.165) is 11.1 Å². The molecular weight excluding hydrogens is 916 g/mol. The number of hydrogen-bond donors (Lipinski definition) is 2. The lowest BCUT2D eigenvalue weighted by Crippen LogP contribution is -2.44. The van der Waals surface area contributed by atoms with Gasteiger partial charge in [0, 0.05) is 0 Å². The van der Waals surface area contributed by atoms with Crippen molar-refractivity contribution in [2.24, 2.45) is 21.7 Å². The summed E-state index contributed by atoms with van der Waals surface area (Å²) in [6.07, 6.45) is -2.36. The van der Waals surface area contributed by atoms with Crippen molar-refractivity contribution < 1.29 is 105 Å². The molecule has 2 aliphatic rings. The number of cyclic esters (lactones) is 4. The summed E-state index contributed by atoms with van der Waals surface area (Å²) in [6.45, 7) is 12.9. The Morgan fingerprint density at radius 3 is 1.32 bits per heavy atom. The van der Waals surface area contributed by atoms with Crippen molar-refractivity contribution in [3.63, 3.8) is 0 Å². The summed E-state index contributed by atoms with van der Waals surface area (Å²) < 4.78 is 57.8. The van der Waals surface area contributed by atoms with Crippen LogP contribution in [0.2, 0.25) is 0 Å². The number of esters is 4. The first-order valence-electron chi connectivity index (χ1n) is 21.5. The van der Waals surface area contributed by atoms with Crippen molar-refractivity contribution in [2.45, 2.75) is 61.7 Å². The van der Waals surface area contributed by atoms with Crippen LogP contribution >= 0.6 is 0 Å². The Labute approximate surface area is 400 Å². The monoisotopic (exact) mass is 980 g/mol. The van der Waals surface area contributed by atoms with Gasteiger partial charge in [0.05, 0.1) is 33.0 Å². The maximum Gasteiger partial charge on any atom is 0.508 e. The number of carbonyl (C=O) groups is 8. The molecule has 4 rings (SSSR count). The lowest BCUT2D eigenvalue weighted by atomic mass is 9.93. The number of hydrogen-bond acceptors (Lipinski definition) is 22. The van der Waals surface area contributed by atoms with Crippen molar-refractivity contribution in [3.8, 4) is 0 Å². The van der Waals surface area contributed by atoms with Crippen LogP contribution in [0.4, 0.5) is 19.2 Å². The van der Waals surface area contributed by atoms with Crippen molar-refractivity contribution in [1.29, 1.82) is 0 Å². The van der Waals surface area contributed by atoms with Gasteiger partial charge in [0.25, 0.3) is 0 Å². The van der Waals surface area contributed by atoms with Crippen LogP contribution in [0.3, 0.4) is 0 Å². The lowest BCUT2D eigenvalue weighted by molar-refractivity contribution is -0.166. The van der Waals surface area contributed by atoms with Gasteiger partial charge in [-0.1, -0.05) is 73.3 Å². The third-order valence-corrected chi connectivity index (χ3v) is 9.26. The molecule has 2 saturated heterocycles. The van der Waals surface area contributed by atoms with Crippen LogP contribution in [-0.2, 0) is 89.2 Å². The van der Waals surface area contributed by atoms with Crippen LogP contribution in [0.5, 0.6) is 0 Å². The Balaban J connectivity index is 0.000000561. The van der Waals surface area contributed by atoms with Crippen LogP contribution in [0.1, 0.15) is 59.6 Å². The molecule has 2 fully saturated rings. The van der Waals surface area contributed by atoms with Gasteiger partial charge in [-0.05, 0) is 59.6 Å². The maximum atomic E-state index is 12.4. The highest BCUT2D eigenvalue weighted by atomic mass is 16.8. The molecule has 0 amide bonds. The first-order chi connectivity index (χ1) is 32.7. The quantitative estimate of drug-likeness (QED) is 0.101. The number of carbonyl (C=O) groups excluding carboxylic acids is 8. The second kappa shape index (κ2) is 31.2. The Hall–Kier alpha value is -6.94. The van der Waals surface area contributed by atoms with Crippen LogP contribution in [0, 0.1) is 21.7 Å². The fourth-order valence-electron chi connectivity index (χ4n) is 4.87. The predicted octanol–water partition coefficient (Wildman–Crippen LogP) is 5.41. The fraction of sp³-hybridized carbons (Fsp3) is 0.532. The van der Waals surface area contributed by atoms with Gasteiger partial charge in [0.1, 0.15) is 81.1 Å². The summed E-state index contributed by atoms with van der Waals surface area (Å²) in [4.78, 5) is 92.3. The number of aliphatic hydroxyl groups excluding tert-OH is 2. The smallest absolute Gasteiger partial charge is 0.465 e. The molecule has 0 aliphatic carbocycles. The first kappa shape index (κ1) is 60.1. The van der Waals surface area contributed by atoms with E-state index in [4.69, 9.17) is 43.0 Å². The van der Waals surface area contributed by atoms with E-state index in [1.165, 1.54) is 19.9 Å². The number of benzene rings is 2. The van der Waals surface area contributed by atoms with E-state index in [0.29, 0.717) is 13.2 Å². The van der Waals surface area contributed by atoms with Gasteiger partial charge in [0.2, 0.25) is 0 Å². The standard InChI is InChI=1S/C24H32O11.2C8H12O5.C7H8O/c1-5-12-31-19(26)23(3,14-25)15-33-22(29)35-17-24(4,20(27)30-6-2)16-34-21(28)32-13-18-10-8-7-9-11-18;2*1-3-11-6(9)8(2)4-12-7(10)13-5-8;8-6-7-4-2-1-3-5-7/h5,7-11,25H,1,6,12-17H2,2-4H3;2*3-5H2,1-2H3;1-5,8H,6H2. The van der Waals surface area contributed by atoms with Gasteiger partial charge in [-0.15, -0.1) is 0 Å². The number of ether oxygens (including phenoxy) is 12. The zero-order valence-electron chi connectivity index (χ0n) is 40.0. The van der Waals surface area contributed by atoms with E-state index in [9.17, 15) is 43.5 Å². The number of aliphatic hydroxyl groups is 2. The maximum absolute atomic E-state index is 12.4. The van der Waals surface area contributed by atoms with E-state index in [-0.39, 0.29) is 52.9 Å². The normalized spacial score (nSPS) is 15.6. The summed E-state index contributed by atoms with van der Waals surface area (Å²) in [5.74, 6) is -2.38. The second-order valence-corrected chi connectivity index (χ2v) is 15.9. The lowest BCUT2D eigenvalue weighted by Gasteiger charge is -2.29. The minimum absolute atomic E-state index is 0.0185. The highest BCUT2D eigenvalue weighted by Gasteiger charge is 2.43. The summed E-state index contributed by atoms with van der Waals surface area (Å²) >= 11 is 0. The van der Waals surface area contributed by atoms with Crippen LogP contribution < -0.4 is 0 Å². The minimum atomic E-state index is -1.57. The highest BCUT2D eigenvalue weighted by molar-refractivity contribution is 5.80. The molecule has 2 aromatic rings. The van der Waals surface area contributed by atoms with E-state index in [2.05, 4.69) is 25.5 Å². The Morgan fingerprint density at radius 1 is 0.580 bits per heavy atom. The Bertz CT molecular complexity index is 1870. The van der Waals surface area contributed by atoms with Gasteiger partial charge in [-0.25, -0.2) is 19.2 Å². The molecule has 0 radical (unpaired) electrons. The molecule has 0 spiro atoms. The average Bonchev–Trinajstić information content (AvgIpc) is 3.36. The minimum Gasteiger partial charge on any atom is -0.465 e. The molecular formula is C47H64O22. The van der Waals surface area contributed by atoms with Crippen LogP contribution in [0.15, 0.2) is 73.3 Å². The molecule has 2 unspecified atom stereocenters. The molecule has 2 aromatic carbocycles. The third-order valence-electron chi connectivity index (χ3n) is 9.26. The Kier molecular flexibility index (Phi) is 27.1. The van der Waals surface area contributed by atoms with Gasteiger partial charge in [-0.2, -0.15) is 0 Å². The highest BCUT2D eigenvalue weighted by Crippen LogP contribution is 2.26. The van der Waals surface area contributed by atoms with Gasteiger partial charge in [0.15, 0.2) is 0 Å². The molecule has 0 bridgehead atoms.